The molecule has 1 aliphatic heterocycles. The Kier molecular flexibility index (Phi) is 5.97. The van der Waals surface area contributed by atoms with Gasteiger partial charge in [-0.1, -0.05) is 29.8 Å². The van der Waals surface area contributed by atoms with Gasteiger partial charge in [0, 0.05) is 50.4 Å². The van der Waals surface area contributed by atoms with Gasteiger partial charge in [0.15, 0.2) is 5.96 Å². The molecule has 0 aliphatic carbocycles. The number of halogens is 1. The van der Waals surface area contributed by atoms with Crippen molar-refractivity contribution >= 4 is 17.6 Å². The summed E-state index contributed by atoms with van der Waals surface area (Å²) in [4.78, 5) is 7.17. The Hall–Kier alpha value is -2.01. The van der Waals surface area contributed by atoms with Gasteiger partial charge in [-0.3, -0.25) is 9.67 Å². The van der Waals surface area contributed by atoms with Crippen LogP contribution in [0.4, 0.5) is 0 Å². The number of hydrogen-bond acceptors (Lipinski definition) is 2. The van der Waals surface area contributed by atoms with Crippen LogP contribution < -0.4 is 5.32 Å². The molecule has 0 radical (unpaired) electrons. The Bertz CT molecular complexity index is 724. The lowest BCUT2D eigenvalue weighted by molar-refractivity contribution is 0.486. The molecule has 0 bridgehead atoms. The van der Waals surface area contributed by atoms with Crippen molar-refractivity contribution < 1.29 is 0 Å². The summed E-state index contributed by atoms with van der Waals surface area (Å²) in [5.41, 5.74) is 2.47. The second kappa shape index (κ2) is 8.39. The molecule has 1 unspecified atom stereocenters. The number of guanidine groups is 1. The summed E-state index contributed by atoms with van der Waals surface area (Å²) >= 11 is 6.23. The average Bonchev–Trinajstić information content (AvgIpc) is 3.24. The first-order valence-corrected chi connectivity index (χ1v) is 9.30. The van der Waals surface area contributed by atoms with Crippen LogP contribution in [-0.2, 0) is 13.5 Å². The molecular weight excluding hydrogens is 334 g/mol. The number of hydrogen-bond donors (Lipinski definition) is 1. The summed E-state index contributed by atoms with van der Waals surface area (Å²) in [5.74, 6) is 1.53. The quantitative estimate of drug-likeness (QED) is 0.659. The van der Waals surface area contributed by atoms with Crippen molar-refractivity contribution in [1.82, 2.24) is 20.0 Å². The molecule has 1 atom stereocenters. The molecule has 2 heterocycles. The molecule has 5 nitrogen and oxygen atoms in total. The van der Waals surface area contributed by atoms with Crippen molar-refractivity contribution in [3.05, 3.63) is 52.8 Å². The summed E-state index contributed by atoms with van der Waals surface area (Å²) in [5, 5.41) is 8.54. The molecule has 25 heavy (non-hydrogen) atoms. The molecule has 0 spiro atoms. The maximum atomic E-state index is 6.23. The maximum absolute atomic E-state index is 6.23. The number of aromatic nitrogens is 2. The third kappa shape index (κ3) is 4.54. The van der Waals surface area contributed by atoms with Gasteiger partial charge < -0.3 is 10.2 Å². The van der Waals surface area contributed by atoms with Gasteiger partial charge in [0.05, 0.1) is 6.20 Å². The van der Waals surface area contributed by atoms with Crippen LogP contribution in [0.5, 0.6) is 0 Å². The number of likely N-dealkylation sites (tertiary alicyclic amines) is 1. The van der Waals surface area contributed by atoms with Gasteiger partial charge in [-0.05, 0) is 37.0 Å². The third-order valence-corrected chi connectivity index (χ3v) is 4.99. The van der Waals surface area contributed by atoms with Gasteiger partial charge in [0.2, 0.25) is 0 Å². The van der Waals surface area contributed by atoms with Gasteiger partial charge in [-0.25, -0.2) is 0 Å². The van der Waals surface area contributed by atoms with E-state index in [9.17, 15) is 0 Å². The lowest BCUT2D eigenvalue weighted by Crippen LogP contribution is -2.40. The van der Waals surface area contributed by atoms with Gasteiger partial charge in [-0.15, -0.1) is 0 Å². The second-order valence-electron chi connectivity index (χ2n) is 6.46. The lowest BCUT2D eigenvalue weighted by atomic mass is 10.0. The highest BCUT2D eigenvalue weighted by Crippen LogP contribution is 2.26. The van der Waals surface area contributed by atoms with Crippen molar-refractivity contribution in [2.45, 2.75) is 25.7 Å². The number of aliphatic imine (C=N–C) groups is 1. The zero-order valence-corrected chi connectivity index (χ0v) is 15.7. The zero-order valence-electron chi connectivity index (χ0n) is 15.0. The summed E-state index contributed by atoms with van der Waals surface area (Å²) in [7, 11) is 1.97. The smallest absolute Gasteiger partial charge is 0.193 e. The van der Waals surface area contributed by atoms with E-state index in [1.54, 1.807) is 0 Å². The Morgan fingerprint density at radius 1 is 1.40 bits per heavy atom. The Labute approximate surface area is 154 Å². The number of nitrogens with zero attached hydrogens (tertiary/aromatic N) is 4. The minimum absolute atomic E-state index is 0.529. The van der Waals surface area contributed by atoms with Crippen molar-refractivity contribution in [1.29, 1.82) is 0 Å². The highest BCUT2D eigenvalue weighted by atomic mass is 35.5. The average molecular weight is 360 g/mol. The molecule has 1 saturated heterocycles. The van der Waals surface area contributed by atoms with E-state index >= 15 is 0 Å². The number of rotatable bonds is 5. The van der Waals surface area contributed by atoms with Crippen LogP contribution in [0.25, 0.3) is 0 Å². The van der Waals surface area contributed by atoms with E-state index in [2.05, 4.69) is 34.5 Å². The van der Waals surface area contributed by atoms with E-state index < -0.39 is 0 Å². The van der Waals surface area contributed by atoms with Crippen molar-refractivity contribution in [2.24, 2.45) is 12.0 Å². The first kappa shape index (κ1) is 17.8. The van der Waals surface area contributed by atoms with Crippen molar-refractivity contribution in [2.75, 3.05) is 26.2 Å². The summed E-state index contributed by atoms with van der Waals surface area (Å²) in [6.07, 6.45) is 6.10. The molecule has 6 heteroatoms. The Balaban J connectivity index is 1.61. The summed E-state index contributed by atoms with van der Waals surface area (Å²) in [6.45, 7) is 5.73. The van der Waals surface area contributed by atoms with E-state index in [0.717, 1.165) is 55.6 Å². The lowest BCUT2D eigenvalue weighted by Gasteiger charge is -2.21. The SMILES string of the molecule is CCNC(=NCCc1ccccc1Cl)N1CCC(c2cnn(C)c2)C1. The molecule has 0 saturated carbocycles. The molecule has 1 N–H and O–H groups in total. The fourth-order valence-corrected chi connectivity index (χ4v) is 3.52. The zero-order chi connectivity index (χ0) is 17.6. The van der Waals surface area contributed by atoms with Gasteiger partial charge in [0.1, 0.15) is 0 Å². The third-order valence-electron chi connectivity index (χ3n) is 4.62. The van der Waals surface area contributed by atoms with Crippen molar-refractivity contribution in [3.63, 3.8) is 0 Å². The van der Waals surface area contributed by atoms with E-state index in [1.807, 2.05) is 36.1 Å². The van der Waals surface area contributed by atoms with Crippen LogP contribution in [0.15, 0.2) is 41.7 Å². The fraction of sp³-hybridized carbons (Fsp3) is 0.474. The summed E-state index contributed by atoms with van der Waals surface area (Å²) < 4.78 is 1.88. The number of aryl methyl sites for hydroxylation is 1. The molecule has 1 aromatic carbocycles. The normalized spacial score (nSPS) is 18.0. The van der Waals surface area contributed by atoms with Crippen LogP contribution in [0.1, 0.15) is 30.4 Å². The van der Waals surface area contributed by atoms with Gasteiger partial charge in [0.25, 0.3) is 0 Å². The molecule has 1 aliphatic rings. The second-order valence-corrected chi connectivity index (χ2v) is 6.86. The van der Waals surface area contributed by atoms with Gasteiger partial charge >= 0.3 is 0 Å². The number of nitrogens with one attached hydrogen (secondary N) is 1. The van der Waals surface area contributed by atoms with Crippen LogP contribution in [0.3, 0.4) is 0 Å². The first-order valence-electron chi connectivity index (χ1n) is 8.92. The van der Waals surface area contributed by atoms with Crippen LogP contribution >= 0.6 is 11.6 Å². The number of benzene rings is 1. The molecule has 134 valence electrons. The Morgan fingerprint density at radius 3 is 2.96 bits per heavy atom. The largest absolute Gasteiger partial charge is 0.357 e. The molecule has 2 aromatic rings. The monoisotopic (exact) mass is 359 g/mol. The van der Waals surface area contributed by atoms with Crippen molar-refractivity contribution in [3.8, 4) is 0 Å². The molecule has 0 amide bonds. The molecule has 3 rings (SSSR count). The standard InChI is InChI=1S/C19H26ClN5/c1-3-21-19(22-10-8-15-6-4-5-7-18(15)20)25-11-9-16(14-25)17-12-23-24(2)13-17/h4-7,12-13,16H,3,8-11,14H2,1-2H3,(H,21,22). The van der Waals surface area contributed by atoms with E-state index in [1.165, 1.54) is 5.56 Å². The Morgan fingerprint density at radius 2 is 2.24 bits per heavy atom. The van der Waals surface area contributed by atoms with E-state index in [4.69, 9.17) is 16.6 Å². The molecule has 1 aromatic heterocycles. The maximum Gasteiger partial charge on any atom is 0.193 e. The van der Waals surface area contributed by atoms with Crippen LogP contribution in [0.2, 0.25) is 5.02 Å². The van der Waals surface area contributed by atoms with Crippen LogP contribution in [-0.4, -0.2) is 46.8 Å². The predicted molar refractivity (Wildman–Crippen MR) is 103 cm³/mol. The van der Waals surface area contributed by atoms with Crippen LogP contribution in [0, 0.1) is 0 Å². The summed E-state index contributed by atoms with van der Waals surface area (Å²) in [6, 6.07) is 7.99. The minimum Gasteiger partial charge on any atom is -0.357 e. The van der Waals surface area contributed by atoms with E-state index in [0.29, 0.717) is 5.92 Å². The fourth-order valence-electron chi connectivity index (χ4n) is 3.28. The minimum atomic E-state index is 0.529. The topological polar surface area (TPSA) is 45.5 Å². The molecule has 1 fully saturated rings. The predicted octanol–water partition coefficient (Wildman–Crippen LogP) is 3.07. The first-order chi connectivity index (χ1) is 12.2. The highest BCUT2D eigenvalue weighted by molar-refractivity contribution is 6.31. The van der Waals surface area contributed by atoms with Gasteiger partial charge in [-0.2, -0.15) is 5.10 Å². The van der Waals surface area contributed by atoms with E-state index in [-0.39, 0.29) is 0 Å². The highest BCUT2D eigenvalue weighted by Gasteiger charge is 2.26. The molecular formula is C19H26ClN5.